The first kappa shape index (κ1) is 16.0. The van der Waals surface area contributed by atoms with Gasteiger partial charge in [-0.15, -0.1) is 0 Å². The number of sulfonamides is 1. The molecule has 8 heteroatoms. The van der Waals surface area contributed by atoms with E-state index in [2.05, 4.69) is 10.5 Å². The standard InChI is InChI=1S/C14H17N3O4S/c1-11-10-13(16-21-11)17(22(2,19)20)9-8-15-14(18)12-6-4-3-5-7-12/h3-7,10H,8-9H2,1-2H3,(H,15,18). The van der Waals surface area contributed by atoms with Gasteiger partial charge in [0.1, 0.15) is 5.76 Å². The monoisotopic (exact) mass is 323 g/mol. The van der Waals surface area contributed by atoms with Crippen LogP contribution in [0, 0.1) is 6.92 Å². The van der Waals surface area contributed by atoms with Gasteiger partial charge in [0.25, 0.3) is 5.91 Å². The second-order valence-corrected chi connectivity index (χ2v) is 6.66. The van der Waals surface area contributed by atoms with Crippen LogP contribution in [0.5, 0.6) is 0 Å². The minimum atomic E-state index is -3.51. The second-order valence-electron chi connectivity index (χ2n) is 4.75. The summed E-state index contributed by atoms with van der Waals surface area (Å²) in [5.74, 6) is 0.455. The molecule has 7 nitrogen and oxygen atoms in total. The molecule has 0 fully saturated rings. The Bertz CT molecular complexity index is 740. The van der Waals surface area contributed by atoms with Crippen LogP contribution in [0.25, 0.3) is 0 Å². The summed E-state index contributed by atoms with van der Waals surface area (Å²) in [5.41, 5.74) is 0.519. The Kier molecular flexibility index (Phi) is 4.81. The summed E-state index contributed by atoms with van der Waals surface area (Å²) in [5, 5.41) is 6.37. The van der Waals surface area contributed by atoms with Crippen LogP contribution in [0.4, 0.5) is 5.82 Å². The van der Waals surface area contributed by atoms with Crippen LogP contribution in [0.15, 0.2) is 40.9 Å². The highest BCUT2D eigenvalue weighted by atomic mass is 32.2. The molecule has 1 N–H and O–H groups in total. The molecule has 0 atom stereocenters. The number of hydrogen-bond donors (Lipinski definition) is 1. The van der Waals surface area contributed by atoms with E-state index in [1.807, 2.05) is 6.07 Å². The van der Waals surface area contributed by atoms with Gasteiger partial charge in [-0.2, -0.15) is 0 Å². The van der Waals surface area contributed by atoms with Crippen molar-refractivity contribution in [3.05, 3.63) is 47.7 Å². The van der Waals surface area contributed by atoms with Crippen LogP contribution in [0.3, 0.4) is 0 Å². The molecule has 0 aliphatic carbocycles. The number of carbonyl (C=O) groups excluding carboxylic acids is 1. The van der Waals surface area contributed by atoms with Crippen molar-refractivity contribution in [2.24, 2.45) is 0 Å². The Morgan fingerprint density at radius 2 is 2.00 bits per heavy atom. The van der Waals surface area contributed by atoms with Gasteiger partial charge in [-0.05, 0) is 19.1 Å². The first-order valence-electron chi connectivity index (χ1n) is 6.62. The van der Waals surface area contributed by atoms with Crippen molar-refractivity contribution in [3.63, 3.8) is 0 Å². The average molecular weight is 323 g/mol. The first-order valence-corrected chi connectivity index (χ1v) is 8.47. The SMILES string of the molecule is Cc1cc(N(CCNC(=O)c2ccccc2)S(C)(=O)=O)no1. The Morgan fingerprint density at radius 3 is 2.55 bits per heavy atom. The van der Waals surface area contributed by atoms with E-state index in [4.69, 9.17) is 4.52 Å². The van der Waals surface area contributed by atoms with Crippen LogP contribution in [-0.2, 0) is 10.0 Å². The van der Waals surface area contributed by atoms with E-state index >= 15 is 0 Å². The third-order valence-electron chi connectivity index (χ3n) is 2.91. The molecule has 0 saturated heterocycles. The molecule has 1 aromatic heterocycles. The molecule has 0 radical (unpaired) electrons. The second kappa shape index (κ2) is 6.61. The zero-order chi connectivity index (χ0) is 16.2. The van der Waals surface area contributed by atoms with Gasteiger partial charge < -0.3 is 9.84 Å². The molecule has 118 valence electrons. The lowest BCUT2D eigenvalue weighted by molar-refractivity contribution is 0.0955. The van der Waals surface area contributed by atoms with Crippen LogP contribution in [0.1, 0.15) is 16.1 Å². The number of aryl methyl sites for hydroxylation is 1. The maximum Gasteiger partial charge on any atom is 0.251 e. The van der Waals surface area contributed by atoms with Gasteiger partial charge >= 0.3 is 0 Å². The fourth-order valence-corrected chi connectivity index (χ4v) is 2.73. The lowest BCUT2D eigenvalue weighted by Gasteiger charge is -2.19. The van der Waals surface area contributed by atoms with Gasteiger partial charge in [0.05, 0.1) is 12.8 Å². The summed E-state index contributed by atoms with van der Waals surface area (Å²) in [7, 11) is -3.51. The van der Waals surface area contributed by atoms with Crippen molar-refractivity contribution >= 4 is 21.7 Å². The van der Waals surface area contributed by atoms with Crippen molar-refractivity contribution < 1.29 is 17.7 Å². The van der Waals surface area contributed by atoms with Crippen LogP contribution in [-0.4, -0.2) is 38.8 Å². The van der Waals surface area contributed by atoms with Crippen molar-refractivity contribution in [2.45, 2.75) is 6.92 Å². The number of nitrogens with zero attached hydrogens (tertiary/aromatic N) is 2. The van der Waals surface area contributed by atoms with E-state index in [1.165, 1.54) is 6.07 Å². The number of nitrogens with one attached hydrogen (secondary N) is 1. The van der Waals surface area contributed by atoms with Gasteiger partial charge in [-0.1, -0.05) is 23.4 Å². The molecule has 1 amide bonds. The van der Waals surface area contributed by atoms with Gasteiger partial charge in [0.2, 0.25) is 10.0 Å². The Morgan fingerprint density at radius 1 is 1.32 bits per heavy atom. The molecule has 0 aliphatic rings. The zero-order valence-corrected chi connectivity index (χ0v) is 13.1. The number of anilines is 1. The topological polar surface area (TPSA) is 92.5 Å². The number of aromatic nitrogens is 1. The average Bonchev–Trinajstić information content (AvgIpc) is 2.89. The summed E-state index contributed by atoms with van der Waals surface area (Å²) in [4.78, 5) is 11.9. The van der Waals surface area contributed by atoms with Crippen LogP contribution >= 0.6 is 0 Å². The van der Waals surface area contributed by atoms with E-state index in [0.29, 0.717) is 11.3 Å². The molecule has 0 unspecified atom stereocenters. The molecule has 2 rings (SSSR count). The quantitative estimate of drug-likeness (QED) is 0.861. The predicted molar refractivity (Wildman–Crippen MR) is 82.2 cm³/mol. The molecular formula is C14H17N3O4S. The minimum absolute atomic E-state index is 0.0728. The smallest absolute Gasteiger partial charge is 0.251 e. The third kappa shape index (κ3) is 4.08. The van der Waals surface area contributed by atoms with E-state index in [-0.39, 0.29) is 24.8 Å². The molecule has 1 aromatic carbocycles. The Balaban J connectivity index is 2.00. The predicted octanol–water partition coefficient (Wildman–Crippen LogP) is 1.18. The molecule has 0 aliphatic heterocycles. The van der Waals surface area contributed by atoms with E-state index in [1.54, 1.807) is 31.2 Å². The molecule has 1 heterocycles. The summed E-state index contributed by atoms with van der Waals surface area (Å²) in [6, 6.07) is 10.2. The van der Waals surface area contributed by atoms with E-state index < -0.39 is 10.0 Å². The molecule has 22 heavy (non-hydrogen) atoms. The van der Waals surface area contributed by atoms with Crippen LogP contribution < -0.4 is 9.62 Å². The number of hydrogen-bond acceptors (Lipinski definition) is 5. The number of rotatable bonds is 6. The van der Waals surface area contributed by atoms with Crippen molar-refractivity contribution in [3.8, 4) is 0 Å². The normalized spacial score (nSPS) is 11.2. The molecule has 0 saturated carbocycles. The first-order chi connectivity index (χ1) is 10.4. The van der Waals surface area contributed by atoms with Gasteiger partial charge in [0, 0.05) is 18.2 Å². The molecule has 2 aromatic rings. The highest BCUT2D eigenvalue weighted by Crippen LogP contribution is 2.16. The molecule has 0 spiro atoms. The summed E-state index contributed by atoms with van der Waals surface area (Å²) >= 11 is 0. The van der Waals surface area contributed by atoms with E-state index in [9.17, 15) is 13.2 Å². The summed E-state index contributed by atoms with van der Waals surface area (Å²) < 4.78 is 29.6. The zero-order valence-electron chi connectivity index (χ0n) is 12.3. The Hall–Kier alpha value is -2.35. The van der Waals surface area contributed by atoms with Crippen molar-refractivity contribution in [1.29, 1.82) is 0 Å². The summed E-state index contributed by atoms with van der Waals surface area (Å²) in [6.07, 6.45) is 1.08. The summed E-state index contributed by atoms with van der Waals surface area (Å²) in [6.45, 7) is 1.91. The fraction of sp³-hybridized carbons (Fsp3) is 0.286. The van der Waals surface area contributed by atoms with Crippen molar-refractivity contribution in [2.75, 3.05) is 23.7 Å². The van der Waals surface area contributed by atoms with Gasteiger partial charge in [0.15, 0.2) is 5.82 Å². The number of benzene rings is 1. The minimum Gasteiger partial charge on any atom is -0.360 e. The number of carbonyl (C=O) groups is 1. The van der Waals surface area contributed by atoms with Crippen molar-refractivity contribution in [1.82, 2.24) is 10.5 Å². The third-order valence-corrected chi connectivity index (χ3v) is 4.08. The molecule has 0 bridgehead atoms. The fourth-order valence-electron chi connectivity index (χ4n) is 1.88. The lowest BCUT2D eigenvalue weighted by atomic mass is 10.2. The van der Waals surface area contributed by atoms with Gasteiger partial charge in [-0.25, -0.2) is 12.7 Å². The van der Waals surface area contributed by atoms with Crippen LogP contribution in [0.2, 0.25) is 0 Å². The maximum atomic E-state index is 11.9. The lowest BCUT2D eigenvalue weighted by Crippen LogP contribution is -2.38. The van der Waals surface area contributed by atoms with Gasteiger partial charge in [-0.3, -0.25) is 4.79 Å². The highest BCUT2D eigenvalue weighted by molar-refractivity contribution is 7.92. The van der Waals surface area contributed by atoms with E-state index in [0.717, 1.165) is 10.6 Å². The maximum absolute atomic E-state index is 11.9. The largest absolute Gasteiger partial charge is 0.360 e. The Labute approximate surface area is 129 Å². The number of amides is 1. The molecular weight excluding hydrogens is 306 g/mol. The highest BCUT2D eigenvalue weighted by Gasteiger charge is 2.20.